The van der Waals surface area contributed by atoms with Crippen molar-refractivity contribution in [2.24, 2.45) is 11.7 Å². The van der Waals surface area contributed by atoms with Gasteiger partial charge in [0.2, 0.25) is 5.91 Å². The molecule has 6 heteroatoms. The summed E-state index contributed by atoms with van der Waals surface area (Å²) in [5.41, 5.74) is 5.17. The molecule has 0 saturated carbocycles. The van der Waals surface area contributed by atoms with Crippen LogP contribution in [0.25, 0.3) is 0 Å². The summed E-state index contributed by atoms with van der Waals surface area (Å²) in [6, 6.07) is -0.797. The first-order chi connectivity index (χ1) is 8.38. The average Bonchev–Trinajstić information content (AvgIpc) is 2.27. The highest BCUT2D eigenvalue weighted by atomic mass is 16.2. The Hall–Kier alpha value is -1.59. The first-order valence-electron chi connectivity index (χ1n) is 6.26. The predicted octanol–water partition coefficient (Wildman–Crippen LogP) is -0.0811. The number of rotatable bonds is 7. The molecule has 4 N–H and O–H groups in total. The molecule has 18 heavy (non-hydrogen) atoms. The first-order valence-corrected chi connectivity index (χ1v) is 6.26. The molecule has 3 amide bonds. The minimum absolute atomic E-state index is 0.200. The number of carbonyl (C=O) groups is 3. The summed E-state index contributed by atoms with van der Waals surface area (Å²) in [5, 5.41) is 4.83. The largest absolute Gasteiger partial charge is 0.368 e. The lowest BCUT2D eigenvalue weighted by Crippen LogP contribution is -2.50. The Balaban J connectivity index is 4.24. The molecule has 6 nitrogen and oxygen atoms in total. The van der Waals surface area contributed by atoms with Gasteiger partial charge in [0.15, 0.2) is 0 Å². The highest BCUT2D eigenvalue weighted by molar-refractivity contribution is 6.35. The molecule has 0 unspecified atom stereocenters. The van der Waals surface area contributed by atoms with Crippen LogP contribution in [0.2, 0.25) is 0 Å². The zero-order valence-corrected chi connectivity index (χ0v) is 11.3. The van der Waals surface area contributed by atoms with Crippen LogP contribution in [-0.4, -0.2) is 30.3 Å². The molecule has 0 spiro atoms. The van der Waals surface area contributed by atoms with Gasteiger partial charge in [-0.1, -0.05) is 27.2 Å². The van der Waals surface area contributed by atoms with Gasteiger partial charge in [0, 0.05) is 6.54 Å². The second-order valence-electron chi connectivity index (χ2n) is 4.67. The Morgan fingerprint density at radius 3 is 2.22 bits per heavy atom. The van der Waals surface area contributed by atoms with Crippen LogP contribution in [0.5, 0.6) is 0 Å². The summed E-state index contributed by atoms with van der Waals surface area (Å²) >= 11 is 0. The Morgan fingerprint density at radius 2 is 1.78 bits per heavy atom. The van der Waals surface area contributed by atoms with Crippen LogP contribution in [0.1, 0.15) is 40.0 Å². The number of hydrogen-bond acceptors (Lipinski definition) is 3. The van der Waals surface area contributed by atoms with E-state index in [0.717, 1.165) is 12.8 Å². The fourth-order valence-electron chi connectivity index (χ4n) is 1.40. The van der Waals surface area contributed by atoms with Gasteiger partial charge in [0.05, 0.1) is 0 Å². The number of nitrogens with two attached hydrogens (primary N) is 1. The SMILES string of the molecule is CCCCNC(=O)C(=O)N[C@H](CC(C)C)C(N)=O. The molecule has 0 heterocycles. The number of unbranched alkanes of at least 4 members (excludes halogenated alkanes) is 1. The van der Waals surface area contributed by atoms with Crippen LogP contribution in [0.3, 0.4) is 0 Å². The van der Waals surface area contributed by atoms with Gasteiger partial charge in [-0.25, -0.2) is 0 Å². The lowest BCUT2D eigenvalue weighted by atomic mass is 10.0. The van der Waals surface area contributed by atoms with Gasteiger partial charge in [0.1, 0.15) is 6.04 Å². The van der Waals surface area contributed by atoms with E-state index in [9.17, 15) is 14.4 Å². The maximum atomic E-state index is 11.5. The average molecular weight is 257 g/mol. The summed E-state index contributed by atoms with van der Waals surface area (Å²) in [6.45, 7) is 6.25. The molecular weight excluding hydrogens is 234 g/mol. The number of primary amides is 1. The Kier molecular flexibility index (Phi) is 7.74. The van der Waals surface area contributed by atoms with E-state index in [0.29, 0.717) is 13.0 Å². The summed E-state index contributed by atoms with van der Waals surface area (Å²) in [7, 11) is 0. The van der Waals surface area contributed by atoms with Crippen LogP contribution in [0.15, 0.2) is 0 Å². The molecule has 0 aromatic heterocycles. The minimum Gasteiger partial charge on any atom is -0.368 e. The third-order valence-corrected chi connectivity index (χ3v) is 2.38. The second-order valence-corrected chi connectivity index (χ2v) is 4.67. The lowest BCUT2D eigenvalue weighted by Gasteiger charge is -2.16. The van der Waals surface area contributed by atoms with Crippen molar-refractivity contribution in [1.29, 1.82) is 0 Å². The Labute approximate surface area is 108 Å². The molecule has 0 aromatic rings. The molecule has 0 rings (SSSR count). The van der Waals surface area contributed by atoms with Crippen molar-refractivity contribution in [2.45, 2.75) is 46.1 Å². The van der Waals surface area contributed by atoms with E-state index in [1.807, 2.05) is 20.8 Å². The van der Waals surface area contributed by atoms with Gasteiger partial charge >= 0.3 is 11.8 Å². The van der Waals surface area contributed by atoms with Gasteiger partial charge < -0.3 is 16.4 Å². The third-order valence-electron chi connectivity index (χ3n) is 2.38. The topological polar surface area (TPSA) is 101 Å². The number of amides is 3. The molecule has 0 bridgehead atoms. The Morgan fingerprint density at radius 1 is 1.17 bits per heavy atom. The molecule has 0 aliphatic heterocycles. The third kappa shape index (κ3) is 6.88. The maximum absolute atomic E-state index is 11.5. The highest BCUT2D eigenvalue weighted by Gasteiger charge is 2.22. The Bertz CT molecular complexity index is 303. The summed E-state index contributed by atoms with van der Waals surface area (Å²) in [4.78, 5) is 34.0. The normalized spacial score (nSPS) is 12.0. The van der Waals surface area contributed by atoms with Crippen LogP contribution in [0, 0.1) is 5.92 Å². The van der Waals surface area contributed by atoms with E-state index >= 15 is 0 Å². The zero-order chi connectivity index (χ0) is 14.1. The summed E-state index contributed by atoms with van der Waals surface area (Å²) < 4.78 is 0. The lowest BCUT2D eigenvalue weighted by molar-refractivity contribution is -0.140. The fraction of sp³-hybridized carbons (Fsp3) is 0.750. The van der Waals surface area contributed by atoms with Crippen molar-refractivity contribution in [1.82, 2.24) is 10.6 Å². The van der Waals surface area contributed by atoms with Crippen molar-refractivity contribution in [3.8, 4) is 0 Å². The van der Waals surface area contributed by atoms with E-state index < -0.39 is 23.8 Å². The van der Waals surface area contributed by atoms with Gasteiger partial charge in [0.25, 0.3) is 0 Å². The fourth-order valence-corrected chi connectivity index (χ4v) is 1.40. The second kappa shape index (κ2) is 8.49. The van der Waals surface area contributed by atoms with Crippen molar-refractivity contribution >= 4 is 17.7 Å². The molecular formula is C12H23N3O3. The van der Waals surface area contributed by atoms with Gasteiger partial charge in [-0.2, -0.15) is 0 Å². The molecule has 0 radical (unpaired) electrons. The van der Waals surface area contributed by atoms with Crippen LogP contribution in [-0.2, 0) is 14.4 Å². The number of hydrogen-bond donors (Lipinski definition) is 3. The van der Waals surface area contributed by atoms with E-state index in [1.165, 1.54) is 0 Å². The number of carbonyl (C=O) groups excluding carboxylic acids is 3. The quantitative estimate of drug-likeness (QED) is 0.439. The van der Waals surface area contributed by atoms with Crippen LogP contribution < -0.4 is 16.4 Å². The molecule has 0 saturated heterocycles. The number of nitrogens with one attached hydrogen (secondary N) is 2. The zero-order valence-electron chi connectivity index (χ0n) is 11.3. The molecule has 0 aliphatic rings. The van der Waals surface area contributed by atoms with Gasteiger partial charge in [-0.05, 0) is 18.8 Å². The molecule has 0 fully saturated rings. The van der Waals surface area contributed by atoms with E-state index in [4.69, 9.17) is 5.73 Å². The van der Waals surface area contributed by atoms with Gasteiger partial charge in [-0.15, -0.1) is 0 Å². The summed E-state index contributed by atoms with van der Waals surface area (Å²) in [5.74, 6) is -1.96. The first kappa shape index (κ1) is 16.4. The van der Waals surface area contributed by atoms with E-state index in [2.05, 4.69) is 10.6 Å². The van der Waals surface area contributed by atoms with Crippen molar-refractivity contribution in [2.75, 3.05) is 6.54 Å². The van der Waals surface area contributed by atoms with E-state index in [-0.39, 0.29) is 5.92 Å². The minimum atomic E-state index is -0.810. The standard InChI is InChI=1S/C12H23N3O3/c1-4-5-6-14-11(17)12(18)15-9(10(13)16)7-8(2)3/h8-9H,4-7H2,1-3H3,(H2,13,16)(H,14,17)(H,15,18)/t9-/m1/s1. The predicted molar refractivity (Wildman–Crippen MR) is 68.5 cm³/mol. The van der Waals surface area contributed by atoms with E-state index in [1.54, 1.807) is 0 Å². The van der Waals surface area contributed by atoms with Crippen molar-refractivity contribution in [3.63, 3.8) is 0 Å². The highest BCUT2D eigenvalue weighted by Crippen LogP contribution is 2.04. The van der Waals surface area contributed by atoms with Gasteiger partial charge in [-0.3, -0.25) is 14.4 Å². The summed E-state index contributed by atoms with van der Waals surface area (Å²) in [6.07, 6.45) is 2.16. The van der Waals surface area contributed by atoms with Crippen molar-refractivity contribution < 1.29 is 14.4 Å². The van der Waals surface area contributed by atoms with Crippen LogP contribution in [0.4, 0.5) is 0 Å². The smallest absolute Gasteiger partial charge is 0.309 e. The monoisotopic (exact) mass is 257 g/mol. The molecule has 0 aromatic carbocycles. The van der Waals surface area contributed by atoms with Crippen molar-refractivity contribution in [3.05, 3.63) is 0 Å². The molecule has 1 atom stereocenters. The molecule has 0 aliphatic carbocycles. The maximum Gasteiger partial charge on any atom is 0.309 e. The molecule has 104 valence electrons. The van der Waals surface area contributed by atoms with Crippen LogP contribution >= 0.6 is 0 Å².